The second kappa shape index (κ2) is 4.28. The lowest BCUT2D eigenvalue weighted by Crippen LogP contribution is -2.13. The molecule has 0 aliphatic heterocycles. The van der Waals surface area contributed by atoms with E-state index in [1.54, 1.807) is 6.92 Å². The SMILES string of the molecule is Cc1cccc(C)c1OC[C@@H](C)O. The molecule has 0 saturated carbocycles. The van der Waals surface area contributed by atoms with Crippen molar-refractivity contribution in [3.05, 3.63) is 29.3 Å². The zero-order valence-electron chi connectivity index (χ0n) is 8.37. The number of rotatable bonds is 3. The van der Waals surface area contributed by atoms with Crippen LogP contribution in [-0.2, 0) is 0 Å². The molecule has 2 nitrogen and oxygen atoms in total. The molecule has 0 heterocycles. The fraction of sp³-hybridized carbons (Fsp3) is 0.455. The highest BCUT2D eigenvalue weighted by molar-refractivity contribution is 5.39. The molecular formula is C11H16O2. The van der Waals surface area contributed by atoms with Crippen LogP contribution in [0, 0.1) is 13.8 Å². The summed E-state index contributed by atoms with van der Waals surface area (Å²) in [6.45, 7) is 6.08. The lowest BCUT2D eigenvalue weighted by atomic mass is 10.1. The van der Waals surface area contributed by atoms with Crippen LogP contribution < -0.4 is 4.74 Å². The molecule has 0 aliphatic rings. The maximum Gasteiger partial charge on any atom is 0.125 e. The van der Waals surface area contributed by atoms with Crippen molar-refractivity contribution in [2.45, 2.75) is 26.9 Å². The Morgan fingerprint density at radius 3 is 2.31 bits per heavy atom. The summed E-state index contributed by atoms with van der Waals surface area (Å²) in [5.74, 6) is 0.892. The highest BCUT2D eigenvalue weighted by Gasteiger charge is 2.04. The predicted molar refractivity (Wildman–Crippen MR) is 53.1 cm³/mol. The molecule has 0 radical (unpaired) electrons. The Kier molecular flexibility index (Phi) is 3.32. The highest BCUT2D eigenvalue weighted by atomic mass is 16.5. The number of aliphatic hydroxyl groups is 1. The van der Waals surface area contributed by atoms with Crippen LogP contribution in [0.3, 0.4) is 0 Å². The topological polar surface area (TPSA) is 29.5 Å². The third-order valence-electron chi connectivity index (χ3n) is 1.88. The van der Waals surface area contributed by atoms with E-state index in [2.05, 4.69) is 0 Å². The average Bonchev–Trinajstić information content (AvgIpc) is 2.03. The summed E-state index contributed by atoms with van der Waals surface area (Å²) in [5.41, 5.74) is 2.22. The monoisotopic (exact) mass is 180 g/mol. The van der Waals surface area contributed by atoms with Crippen LogP contribution in [0.2, 0.25) is 0 Å². The smallest absolute Gasteiger partial charge is 0.125 e. The summed E-state index contributed by atoms with van der Waals surface area (Å²) >= 11 is 0. The molecule has 1 rings (SSSR count). The second-order valence-corrected chi connectivity index (χ2v) is 3.38. The maximum atomic E-state index is 9.07. The summed E-state index contributed by atoms with van der Waals surface area (Å²) < 4.78 is 5.48. The number of para-hydroxylation sites is 1. The molecule has 72 valence electrons. The van der Waals surface area contributed by atoms with Crippen LogP contribution in [0.1, 0.15) is 18.1 Å². The third kappa shape index (κ3) is 2.74. The van der Waals surface area contributed by atoms with Gasteiger partial charge in [0, 0.05) is 0 Å². The second-order valence-electron chi connectivity index (χ2n) is 3.38. The van der Waals surface area contributed by atoms with Gasteiger partial charge in [-0.05, 0) is 31.9 Å². The van der Waals surface area contributed by atoms with Gasteiger partial charge < -0.3 is 9.84 Å². The zero-order chi connectivity index (χ0) is 9.84. The summed E-state index contributed by atoms with van der Waals surface area (Å²) in [5, 5.41) is 9.07. The van der Waals surface area contributed by atoms with E-state index in [-0.39, 0.29) is 0 Å². The number of benzene rings is 1. The van der Waals surface area contributed by atoms with Crippen molar-refractivity contribution < 1.29 is 9.84 Å². The van der Waals surface area contributed by atoms with Crippen LogP contribution in [-0.4, -0.2) is 17.8 Å². The molecule has 2 heteroatoms. The Labute approximate surface area is 79.2 Å². The largest absolute Gasteiger partial charge is 0.490 e. The van der Waals surface area contributed by atoms with Crippen LogP contribution >= 0.6 is 0 Å². The van der Waals surface area contributed by atoms with E-state index < -0.39 is 6.10 Å². The molecule has 1 aromatic carbocycles. The standard InChI is InChI=1S/C11H16O2/c1-8-5-4-6-9(2)11(8)13-7-10(3)12/h4-6,10,12H,7H2,1-3H3/t10-/m1/s1. The molecule has 13 heavy (non-hydrogen) atoms. The van der Waals surface area contributed by atoms with Gasteiger partial charge in [-0.15, -0.1) is 0 Å². The first-order valence-electron chi connectivity index (χ1n) is 4.48. The van der Waals surface area contributed by atoms with Crippen molar-refractivity contribution in [3.63, 3.8) is 0 Å². The summed E-state index contributed by atoms with van der Waals surface area (Å²) in [6.07, 6.45) is -0.418. The molecule has 0 spiro atoms. The predicted octanol–water partition coefficient (Wildman–Crippen LogP) is 2.06. The van der Waals surface area contributed by atoms with E-state index in [9.17, 15) is 0 Å². The van der Waals surface area contributed by atoms with Gasteiger partial charge in [0.25, 0.3) is 0 Å². The van der Waals surface area contributed by atoms with Crippen LogP contribution in [0.15, 0.2) is 18.2 Å². The third-order valence-corrected chi connectivity index (χ3v) is 1.88. The summed E-state index contributed by atoms with van der Waals surface area (Å²) in [7, 11) is 0. The Bertz CT molecular complexity index is 259. The molecule has 1 aromatic rings. The number of hydrogen-bond donors (Lipinski definition) is 1. The molecule has 0 fully saturated rings. The summed E-state index contributed by atoms with van der Waals surface area (Å²) in [6, 6.07) is 6.01. The van der Waals surface area contributed by atoms with Crippen molar-refractivity contribution in [2.24, 2.45) is 0 Å². The van der Waals surface area contributed by atoms with Gasteiger partial charge in [-0.3, -0.25) is 0 Å². The lowest BCUT2D eigenvalue weighted by molar-refractivity contribution is 0.122. The summed E-state index contributed by atoms with van der Waals surface area (Å²) in [4.78, 5) is 0. The van der Waals surface area contributed by atoms with Gasteiger partial charge in [-0.25, -0.2) is 0 Å². The quantitative estimate of drug-likeness (QED) is 0.771. The van der Waals surface area contributed by atoms with E-state index in [1.807, 2.05) is 32.0 Å². The normalized spacial score (nSPS) is 12.6. The van der Waals surface area contributed by atoms with E-state index in [0.717, 1.165) is 16.9 Å². The first-order valence-corrected chi connectivity index (χ1v) is 4.48. The molecule has 0 aliphatic carbocycles. The first-order chi connectivity index (χ1) is 6.11. The van der Waals surface area contributed by atoms with Gasteiger partial charge in [0.2, 0.25) is 0 Å². The van der Waals surface area contributed by atoms with Crippen molar-refractivity contribution >= 4 is 0 Å². The van der Waals surface area contributed by atoms with Gasteiger partial charge in [0.1, 0.15) is 12.4 Å². The Morgan fingerprint density at radius 1 is 1.31 bits per heavy atom. The molecule has 0 bridgehead atoms. The van der Waals surface area contributed by atoms with Crippen molar-refractivity contribution in [2.75, 3.05) is 6.61 Å². The van der Waals surface area contributed by atoms with Gasteiger partial charge >= 0.3 is 0 Å². The minimum atomic E-state index is -0.418. The number of aryl methyl sites for hydroxylation is 2. The zero-order valence-corrected chi connectivity index (χ0v) is 8.37. The molecule has 0 amide bonds. The van der Waals surface area contributed by atoms with E-state index >= 15 is 0 Å². The lowest BCUT2D eigenvalue weighted by Gasteiger charge is -2.12. The molecule has 0 saturated heterocycles. The molecular weight excluding hydrogens is 164 g/mol. The molecule has 1 atom stereocenters. The minimum Gasteiger partial charge on any atom is -0.490 e. The van der Waals surface area contributed by atoms with E-state index in [1.165, 1.54) is 0 Å². The van der Waals surface area contributed by atoms with Crippen LogP contribution in [0.4, 0.5) is 0 Å². The average molecular weight is 180 g/mol. The molecule has 0 unspecified atom stereocenters. The van der Waals surface area contributed by atoms with Gasteiger partial charge in [0.05, 0.1) is 6.10 Å². The van der Waals surface area contributed by atoms with Gasteiger partial charge in [-0.1, -0.05) is 18.2 Å². The highest BCUT2D eigenvalue weighted by Crippen LogP contribution is 2.22. The first kappa shape index (κ1) is 10.1. The number of aliphatic hydroxyl groups excluding tert-OH is 1. The van der Waals surface area contributed by atoms with Crippen LogP contribution in [0.25, 0.3) is 0 Å². The van der Waals surface area contributed by atoms with E-state index in [4.69, 9.17) is 9.84 Å². The fourth-order valence-corrected chi connectivity index (χ4v) is 1.23. The Morgan fingerprint density at radius 2 is 1.85 bits per heavy atom. The number of ether oxygens (including phenoxy) is 1. The maximum absolute atomic E-state index is 9.07. The van der Waals surface area contributed by atoms with Crippen molar-refractivity contribution in [1.29, 1.82) is 0 Å². The molecule has 0 aromatic heterocycles. The van der Waals surface area contributed by atoms with E-state index in [0.29, 0.717) is 6.61 Å². The molecule has 1 N–H and O–H groups in total. The Balaban J connectivity index is 2.75. The fourth-order valence-electron chi connectivity index (χ4n) is 1.23. The van der Waals surface area contributed by atoms with Crippen molar-refractivity contribution in [3.8, 4) is 5.75 Å². The van der Waals surface area contributed by atoms with Crippen LogP contribution in [0.5, 0.6) is 5.75 Å². The van der Waals surface area contributed by atoms with Gasteiger partial charge in [-0.2, -0.15) is 0 Å². The minimum absolute atomic E-state index is 0.353. The van der Waals surface area contributed by atoms with Gasteiger partial charge in [0.15, 0.2) is 0 Å². The Hall–Kier alpha value is -1.02. The number of hydrogen-bond acceptors (Lipinski definition) is 2. The van der Waals surface area contributed by atoms with Crippen molar-refractivity contribution in [1.82, 2.24) is 0 Å².